The van der Waals surface area contributed by atoms with Crippen molar-refractivity contribution in [3.63, 3.8) is 0 Å². The average Bonchev–Trinajstić information content (AvgIpc) is 2.86. The van der Waals surface area contributed by atoms with E-state index in [-0.39, 0.29) is 23.3 Å². The highest BCUT2D eigenvalue weighted by Gasteiger charge is 2.32. The first-order chi connectivity index (χ1) is 17.2. The number of carbonyl (C=O) groups is 1. The number of amides is 1. The lowest BCUT2D eigenvalue weighted by Crippen LogP contribution is -2.34. The van der Waals surface area contributed by atoms with Crippen LogP contribution < -0.4 is 20.3 Å². The molecule has 1 heterocycles. The van der Waals surface area contributed by atoms with E-state index in [9.17, 15) is 4.79 Å². The van der Waals surface area contributed by atoms with Gasteiger partial charge in [-0.05, 0) is 48.0 Å². The van der Waals surface area contributed by atoms with Gasteiger partial charge in [-0.25, -0.2) is 4.39 Å². The van der Waals surface area contributed by atoms with Crippen molar-refractivity contribution in [3.05, 3.63) is 87.6 Å². The summed E-state index contributed by atoms with van der Waals surface area (Å²) in [6, 6.07) is 17.2. The standard InChI is InChI=1S/C27H28BrFN2O5/c1-27(2)15-35-26(36-16-27)22-11-18(25(32)31-30-20-6-4-5-19(28)13-20)12-23(29)24(22)34-14-17-7-9-21(33-3)10-8-17/h4-13,26,30H,14-16H2,1-3H3,(H,31,32). The van der Waals surface area contributed by atoms with Crippen molar-refractivity contribution < 1.29 is 28.1 Å². The molecule has 1 aliphatic heterocycles. The van der Waals surface area contributed by atoms with Crippen molar-refractivity contribution in [2.75, 3.05) is 25.7 Å². The maximum absolute atomic E-state index is 15.4. The van der Waals surface area contributed by atoms with E-state index in [0.717, 1.165) is 16.1 Å². The summed E-state index contributed by atoms with van der Waals surface area (Å²) in [5.41, 5.74) is 7.14. The molecular formula is C27H28BrFN2O5. The number of rotatable bonds is 8. The first-order valence-electron chi connectivity index (χ1n) is 11.4. The number of hydrogen-bond acceptors (Lipinski definition) is 6. The zero-order valence-corrected chi connectivity index (χ0v) is 21.9. The van der Waals surface area contributed by atoms with E-state index >= 15 is 4.39 Å². The zero-order chi connectivity index (χ0) is 25.7. The summed E-state index contributed by atoms with van der Waals surface area (Å²) in [6.45, 7) is 4.98. The van der Waals surface area contributed by atoms with E-state index in [4.69, 9.17) is 18.9 Å². The van der Waals surface area contributed by atoms with Crippen molar-refractivity contribution in [1.82, 2.24) is 5.43 Å². The minimum Gasteiger partial charge on any atom is -0.497 e. The van der Waals surface area contributed by atoms with Crippen LogP contribution in [0.25, 0.3) is 0 Å². The lowest BCUT2D eigenvalue weighted by Gasteiger charge is -2.35. The molecule has 4 rings (SSSR count). The Balaban J connectivity index is 1.56. The first-order valence-corrected chi connectivity index (χ1v) is 12.2. The molecule has 1 saturated heterocycles. The Bertz CT molecular complexity index is 1210. The highest BCUT2D eigenvalue weighted by atomic mass is 79.9. The normalized spacial score (nSPS) is 15.2. The number of halogens is 2. The number of anilines is 1. The number of ether oxygens (including phenoxy) is 4. The van der Waals surface area contributed by atoms with Crippen LogP contribution in [0.4, 0.5) is 10.1 Å². The molecule has 0 unspecified atom stereocenters. The zero-order valence-electron chi connectivity index (χ0n) is 20.3. The summed E-state index contributed by atoms with van der Waals surface area (Å²) < 4.78 is 39.1. The average molecular weight is 559 g/mol. The highest BCUT2D eigenvalue weighted by Crippen LogP contribution is 2.38. The van der Waals surface area contributed by atoms with E-state index in [1.165, 1.54) is 6.07 Å². The van der Waals surface area contributed by atoms with E-state index in [1.54, 1.807) is 31.4 Å². The SMILES string of the molecule is COc1ccc(COc2c(F)cc(C(=O)NNc3cccc(Br)c3)cc2C2OCC(C)(C)CO2)cc1. The molecule has 0 radical (unpaired) electrons. The molecule has 0 spiro atoms. The maximum atomic E-state index is 15.4. The summed E-state index contributed by atoms with van der Waals surface area (Å²) in [7, 11) is 1.59. The van der Waals surface area contributed by atoms with Crippen LogP contribution in [0.3, 0.4) is 0 Å². The van der Waals surface area contributed by atoms with Gasteiger partial charge >= 0.3 is 0 Å². The van der Waals surface area contributed by atoms with Crippen LogP contribution in [0.2, 0.25) is 0 Å². The molecule has 7 nitrogen and oxygen atoms in total. The summed E-state index contributed by atoms with van der Waals surface area (Å²) in [6.07, 6.45) is -0.871. The predicted molar refractivity (Wildman–Crippen MR) is 137 cm³/mol. The van der Waals surface area contributed by atoms with E-state index in [0.29, 0.717) is 30.2 Å². The monoisotopic (exact) mass is 558 g/mol. The smallest absolute Gasteiger partial charge is 0.269 e. The second-order valence-corrected chi connectivity index (χ2v) is 10.1. The van der Waals surface area contributed by atoms with Crippen LogP contribution in [-0.4, -0.2) is 26.2 Å². The molecule has 1 fully saturated rings. The van der Waals surface area contributed by atoms with Gasteiger partial charge in [0, 0.05) is 15.5 Å². The number of nitrogens with one attached hydrogen (secondary N) is 2. The maximum Gasteiger partial charge on any atom is 0.269 e. The van der Waals surface area contributed by atoms with Gasteiger partial charge in [0.2, 0.25) is 0 Å². The summed E-state index contributed by atoms with van der Waals surface area (Å²) in [5.74, 6) is -0.519. The van der Waals surface area contributed by atoms with Gasteiger partial charge < -0.3 is 18.9 Å². The van der Waals surface area contributed by atoms with Gasteiger partial charge in [-0.2, -0.15) is 0 Å². The van der Waals surface area contributed by atoms with Gasteiger partial charge in [0.05, 0.1) is 31.6 Å². The van der Waals surface area contributed by atoms with Gasteiger partial charge in [0.25, 0.3) is 5.91 Å². The molecule has 36 heavy (non-hydrogen) atoms. The lowest BCUT2D eigenvalue weighted by molar-refractivity contribution is -0.226. The van der Waals surface area contributed by atoms with E-state index in [2.05, 4.69) is 26.8 Å². The van der Waals surface area contributed by atoms with Crippen molar-refractivity contribution in [3.8, 4) is 11.5 Å². The topological polar surface area (TPSA) is 78.1 Å². The Morgan fingerprint density at radius 1 is 1.11 bits per heavy atom. The number of methoxy groups -OCH3 is 1. The van der Waals surface area contributed by atoms with Crippen molar-refractivity contribution in [1.29, 1.82) is 0 Å². The summed E-state index contributed by atoms with van der Waals surface area (Å²) >= 11 is 3.38. The minimum atomic E-state index is -0.871. The molecule has 0 atom stereocenters. The summed E-state index contributed by atoms with van der Waals surface area (Å²) in [5, 5.41) is 0. The third kappa shape index (κ3) is 6.54. The van der Waals surface area contributed by atoms with Crippen LogP contribution in [0.5, 0.6) is 11.5 Å². The molecule has 1 amide bonds. The van der Waals surface area contributed by atoms with Crippen molar-refractivity contribution >= 4 is 27.5 Å². The Kier molecular flexibility index (Phi) is 8.13. The number of hydrogen-bond donors (Lipinski definition) is 2. The Labute approximate surface area is 218 Å². The van der Waals surface area contributed by atoms with Crippen LogP contribution >= 0.6 is 15.9 Å². The fraction of sp³-hybridized carbons (Fsp3) is 0.296. The van der Waals surface area contributed by atoms with Gasteiger partial charge in [-0.1, -0.05) is 48.0 Å². The van der Waals surface area contributed by atoms with Crippen LogP contribution in [0, 0.1) is 11.2 Å². The fourth-order valence-electron chi connectivity index (χ4n) is 3.59. The highest BCUT2D eigenvalue weighted by molar-refractivity contribution is 9.10. The molecule has 0 aliphatic carbocycles. The van der Waals surface area contributed by atoms with E-state index in [1.807, 2.05) is 38.1 Å². The van der Waals surface area contributed by atoms with Crippen LogP contribution in [-0.2, 0) is 16.1 Å². The molecule has 0 saturated carbocycles. The van der Waals surface area contributed by atoms with Crippen LogP contribution in [0.15, 0.2) is 65.1 Å². The van der Waals surface area contributed by atoms with Crippen molar-refractivity contribution in [2.45, 2.75) is 26.7 Å². The third-order valence-corrected chi connectivity index (χ3v) is 6.02. The largest absolute Gasteiger partial charge is 0.497 e. The van der Waals surface area contributed by atoms with E-state index < -0.39 is 18.0 Å². The lowest BCUT2D eigenvalue weighted by atomic mass is 9.95. The van der Waals surface area contributed by atoms with Gasteiger partial charge in [0.1, 0.15) is 12.4 Å². The molecule has 3 aromatic carbocycles. The Morgan fingerprint density at radius 2 is 1.83 bits per heavy atom. The molecule has 1 aliphatic rings. The minimum absolute atomic E-state index is 0.0213. The predicted octanol–water partition coefficient (Wildman–Crippen LogP) is 6.00. The molecule has 190 valence electrons. The first kappa shape index (κ1) is 25.9. The number of carbonyl (C=O) groups excluding carboxylic acids is 1. The quantitative estimate of drug-likeness (QED) is 0.330. The molecule has 3 aromatic rings. The Morgan fingerprint density at radius 3 is 2.50 bits per heavy atom. The van der Waals surface area contributed by atoms with Crippen molar-refractivity contribution in [2.24, 2.45) is 5.41 Å². The van der Waals surface area contributed by atoms with Crippen LogP contribution in [0.1, 0.15) is 41.6 Å². The van der Waals surface area contributed by atoms with Gasteiger partial charge in [0.15, 0.2) is 17.9 Å². The second-order valence-electron chi connectivity index (χ2n) is 9.22. The fourth-order valence-corrected chi connectivity index (χ4v) is 3.99. The molecule has 2 N–H and O–H groups in total. The molecular weight excluding hydrogens is 531 g/mol. The molecule has 9 heteroatoms. The molecule has 0 aromatic heterocycles. The number of hydrazine groups is 1. The molecule has 0 bridgehead atoms. The second kappa shape index (κ2) is 11.3. The Hall–Kier alpha value is -3.14. The third-order valence-electron chi connectivity index (χ3n) is 5.53. The van der Waals surface area contributed by atoms with Gasteiger partial charge in [-0.3, -0.25) is 15.6 Å². The number of benzene rings is 3. The summed E-state index contributed by atoms with van der Waals surface area (Å²) in [4.78, 5) is 12.9. The van der Waals surface area contributed by atoms with Gasteiger partial charge in [-0.15, -0.1) is 0 Å².